The second-order valence-corrected chi connectivity index (χ2v) is 5.42. The first-order valence-electron chi connectivity index (χ1n) is 6.53. The molecule has 0 radical (unpaired) electrons. The molecule has 0 saturated heterocycles. The second-order valence-electron chi connectivity index (χ2n) is 4.51. The van der Waals surface area contributed by atoms with Crippen LogP contribution in [0.25, 0.3) is 0 Å². The van der Waals surface area contributed by atoms with Gasteiger partial charge in [-0.2, -0.15) is 0 Å². The Hall–Kier alpha value is -1.76. The molecule has 0 saturated carbocycles. The molecule has 6 nitrogen and oxygen atoms in total. The number of benzene rings is 1. The lowest BCUT2D eigenvalue weighted by atomic mass is 10.1. The Bertz CT molecular complexity index is 508. The maximum atomic E-state index is 11.7. The van der Waals surface area contributed by atoms with Crippen molar-refractivity contribution >= 4 is 27.9 Å². The van der Waals surface area contributed by atoms with Gasteiger partial charge in [-0.05, 0) is 25.5 Å². The van der Waals surface area contributed by atoms with E-state index in [4.69, 9.17) is 9.84 Å². The van der Waals surface area contributed by atoms with Crippen molar-refractivity contribution in [3.05, 3.63) is 28.2 Å². The average Bonchev–Trinajstić information content (AvgIpc) is 2.43. The summed E-state index contributed by atoms with van der Waals surface area (Å²) in [5.41, 5.74) is 0.862. The van der Waals surface area contributed by atoms with Crippen molar-refractivity contribution in [3.63, 3.8) is 0 Å². The molecule has 7 heteroatoms. The minimum absolute atomic E-state index is 0.0381. The number of nitrogens with one attached hydrogen (secondary N) is 2. The largest absolute Gasteiger partial charge is 0.496 e. The summed E-state index contributed by atoms with van der Waals surface area (Å²) in [6.45, 7) is 2.17. The van der Waals surface area contributed by atoms with Gasteiger partial charge < -0.3 is 20.5 Å². The van der Waals surface area contributed by atoms with Crippen molar-refractivity contribution in [1.29, 1.82) is 0 Å². The number of carboxylic acid groups (broad SMARTS) is 1. The van der Waals surface area contributed by atoms with Crippen molar-refractivity contribution in [1.82, 2.24) is 10.6 Å². The molecule has 0 aliphatic rings. The van der Waals surface area contributed by atoms with E-state index in [2.05, 4.69) is 26.6 Å². The van der Waals surface area contributed by atoms with E-state index in [1.54, 1.807) is 7.11 Å². The molecule has 0 aliphatic carbocycles. The Morgan fingerprint density at radius 1 is 1.43 bits per heavy atom. The number of carbonyl (C=O) groups is 2. The summed E-state index contributed by atoms with van der Waals surface area (Å²) in [6, 6.07) is 5.02. The van der Waals surface area contributed by atoms with Gasteiger partial charge in [-0.1, -0.05) is 22.0 Å². The van der Waals surface area contributed by atoms with E-state index in [9.17, 15) is 9.59 Å². The van der Waals surface area contributed by atoms with Gasteiger partial charge in [0.15, 0.2) is 0 Å². The number of ether oxygens (including phenoxy) is 1. The van der Waals surface area contributed by atoms with E-state index in [-0.39, 0.29) is 18.5 Å². The highest BCUT2D eigenvalue weighted by atomic mass is 79.9. The van der Waals surface area contributed by atoms with Gasteiger partial charge in [-0.25, -0.2) is 4.79 Å². The Kier molecular flexibility index (Phi) is 7.01. The van der Waals surface area contributed by atoms with Gasteiger partial charge >= 0.3 is 12.0 Å². The summed E-state index contributed by atoms with van der Waals surface area (Å²) in [4.78, 5) is 22.1. The normalized spacial score (nSPS) is 11.6. The number of hydrogen-bond donors (Lipinski definition) is 3. The van der Waals surface area contributed by atoms with Crippen molar-refractivity contribution in [2.45, 2.75) is 25.8 Å². The van der Waals surface area contributed by atoms with Crippen LogP contribution in [0.3, 0.4) is 0 Å². The van der Waals surface area contributed by atoms with Crippen LogP contribution in [-0.4, -0.2) is 30.8 Å². The average molecular weight is 359 g/mol. The summed E-state index contributed by atoms with van der Waals surface area (Å²) in [7, 11) is 1.57. The third-order valence-corrected chi connectivity index (χ3v) is 3.36. The van der Waals surface area contributed by atoms with Gasteiger partial charge in [0.25, 0.3) is 0 Å². The Morgan fingerprint density at radius 3 is 2.76 bits per heavy atom. The van der Waals surface area contributed by atoms with Crippen LogP contribution in [0.5, 0.6) is 5.75 Å². The number of aliphatic carboxylic acids is 1. The maximum Gasteiger partial charge on any atom is 0.315 e. The van der Waals surface area contributed by atoms with Gasteiger partial charge in [-0.15, -0.1) is 0 Å². The summed E-state index contributed by atoms with van der Waals surface area (Å²) in [6.07, 6.45) is 0.440. The fraction of sp³-hybridized carbons (Fsp3) is 0.429. The van der Waals surface area contributed by atoms with Gasteiger partial charge in [-0.3, -0.25) is 4.79 Å². The first kappa shape index (κ1) is 17.3. The molecule has 1 aromatic rings. The number of carbonyl (C=O) groups excluding carboxylic acids is 1. The van der Waals surface area contributed by atoms with Crippen molar-refractivity contribution in [2.75, 3.05) is 13.7 Å². The fourth-order valence-electron chi connectivity index (χ4n) is 1.81. The summed E-state index contributed by atoms with van der Waals surface area (Å²) < 4.78 is 6.18. The molecule has 0 bridgehead atoms. The van der Waals surface area contributed by atoms with Gasteiger partial charge in [0.05, 0.1) is 13.2 Å². The number of methoxy groups -OCH3 is 1. The SMILES string of the molecule is COc1cc(Br)ccc1C(C)NC(=O)NCCCC(=O)O. The molecule has 21 heavy (non-hydrogen) atoms. The molecule has 1 rings (SSSR count). The van der Waals surface area contributed by atoms with Gasteiger partial charge in [0.1, 0.15) is 5.75 Å². The highest BCUT2D eigenvalue weighted by Gasteiger charge is 2.14. The van der Waals surface area contributed by atoms with Crippen LogP contribution in [0.15, 0.2) is 22.7 Å². The van der Waals surface area contributed by atoms with Crippen LogP contribution in [-0.2, 0) is 4.79 Å². The minimum atomic E-state index is -0.870. The van der Waals surface area contributed by atoms with Crippen LogP contribution in [0.2, 0.25) is 0 Å². The first-order valence-corrected chi connectivity index (χ1v) is 7.33. The maximum absolute atomic E-state index is 11.7. The smallest absolute Gasteiger partial charge is 0.315 e. The molecular weight excluding hydrogens is 340 g/mol. The standard InChI is InChI=1S/C14H19BrN2O4/c1-9(11-6-5-10(15)8-12(11)21-2)17-14(20)16-7-3-4-13(18)19/h5-6,8-9H,3-4,7H2,1-2H3,(H,18,19)(H2,16,17,20). The molecule has 3 N–H and O–H groups in total. The summed E-state index contributed by atoms with van der Waals surface area (Å²) >= 11 is 3.36. The quantitative estimate of drug-likeness (QED) is 0.654. The summed E-state index contributed by atoms with van der Waals surface area (Å²) in [5.74, 6) is -0.187. The second kappa shape index (κ2) is 8.51. The molecule has 116 valence electrons. The highest BCUT2D eigenvalue weighted by Crippen LogP contribution is 2.28. The van der Waals surface area contributed by atoms with Gasteiger partial charge in [0, 0.05) is 23.0 Å². The van der Waals surface area contributed by atoms with Crippen LogP contribution in [0, 0.1) is 0 Å². The third-order valence-electron chi connectivity index (χ3n) is 2.86. The van der Waals surface area contributed by atoms with E-state index >= 15 is 0 Å². The number of amides is 2. The predicted molar refractivity (Wildman–Crippen MR) is 82.5 cm³/mol. The molecule has 1 unspecified atom stereocenters. The number of rotatable bonds is 7. The van der Waals surface area contributed by atoms with E-state index in [1.165, 1.54) is 0 Å². The van der Waals surface area contributed by atoms with Gasteiger partial charge in [0.2, 0.25) is 0 Å². The molecule has 0 spiro atoms. The highest BCUT2D eigenvalue weighted by molar-refractivity contribution is 9.10. The Balaban J connectivity index is 2.50. The molecule has 0 fully saturated rings. The van der Waals surface area contributed by atoms with Crippen molar-refractivity contribution in [3.8, 4) is 5.75 Å². The van der Waals surface area contributed by atoms with Crippen LogP contribution in [0.1, 0.15) is 31.4 Å². The van der Waals surface area contributed by atoms with E-state index in [0.29, 0.717) is 18.7 Å². The molecular formula is C14H19BrN2O4. The molecule has 1 atom stereocenters. The lowest BCUT2D eigenvalue weighted by molar-refractivity contribution is -0.137. The van der Waals surface area contributed by atoms with Crippen LogP contribution in [0.4, 0.5) is 4.79 Å². The number of halogens is 1. The van der Waals surface area contributed by atoms with Crippen LogP contribution < -0.4 is 15.4 Å². The molecule has 0 aromatic heterocycles. The zero-order chi connectivity index (χ0) is 15.8. The summed E-state index contributed by atoms with van der Waals surface area (Å²) in [5, 5.41) is 13.9. The molecule has 2 amide bonds. The lowest BCUT2D eigenvalue weighted by Crippen LogP contribution is -2.37. The molecule has 1 aromatic carbocycles. The molecule has 0 heterocycles. The van der Waals surface area contributed by atoms with E-state index in [0.717, 1.165) is 10.0 Å². The number of hydrogen-bond acceptors (Lipinski definition) is 3. The van der Waals surface area contributed by atoms with Crippen molar-refractivity contribution in [2.24, 2.45) is 0 Å². The van der Waals surface area contributed by atoms with Crippen molar-refractivity contribution < 1.29 is 19.4 Å². The van der Waals surface area contributed by atoms with E-state index < -0.39 is 5.97 Å². The lowest BCUT2D eigenvalue weighted by Gasteiger charge is -2.18. The Labute approximate surface area is 132 Å². The third kappa shape index (κ3) is 6.03. The van der Waals surface area contributed by atoms with E-state index in [1.807, 2.05) is 25.1 Å². The molecule has 0 aliphatic heterocycles. The monoisotopic (exact) mass is 358 g/mol. The fourth-order valence-corrected chi connectivity index (χ4v) is 2.15. The Morgan fingerprint density at radius 2 is 2.14 bits per heavy atom. The topological polar surface area (TPSA) is 87.7 Å². The van der Waals surface area contributed by atoms with Crippen LogP contribution >= 0.6 is 15.9 Å². The zero-order valence-corrected chi connectivity index (χ0v) is 13.6. The number of carboxylic acids is 1. The first-order chi connectivity index (χ1) is 9.93. The zero-order valence-electron chi connectivity index (χ0n) is 12.0. The predicted octanol–water partition coefficient (Wildman–Crippen LogP) is 2.68. The number of urea groups is 1. The minimum Gasteiger partial charge on any atom is -0.496 e.